The Labute approximate surface area is 116 Å². The molecule has 3 aromatic rings. The van der Waals surface area contributed by atoms with Gasteiger partial charge in [-0.2, -0.15) is 0 Å². The van der Waals surface area contributed by atoms with E-state index in [9.17, 15) is 4.79 Å². The predicted molar refractivity (Wildman–Crippen MR) is 77.2 cm³/mol. The number of nitrogens with one attached hydrogen (secondary N) is 1. The first-order valence-electron chi connectivity index (χ1n) is 6.28. The maximum atomic E-state index is 12.5. The van der Waals surface area contributed by atoms with Gasteiger partial charge in [0.1, 0.15) is 0 Å². The minimum Gasteiger partial charge on any atom is -0.472 e. The van der Waals surface area contributed by atoms with Crippen molar-refractivity contribution in [3.05, 3.63) is 54.1 Å². The second-order valence-electron chi connectivity index (χ2n) is 4.80. The van der Waals surface area contributed by atoms with E-state index in [4.69, 9.17) is 10.2 Å². The number of hydrogen-bond donors (Lipinski definition) is 2. The van der Waals surface area contributed by atoms with Crippen LogP contribution in [0.25, 0.3) is 10.9 Å². The molecule has 102 valence electrons. The van der Waals surface area contributed by atoms with Crippen LogP contribution in [0.1, 0.15) is 15.9 Å². The van der Waals surface area contributed by atoms with Gasteiger partial charge < -0.3 is 20.0 Å². The van der Waals surface area contributed by atoms with Crippen LogP contribution in [0.5, 0.6) is 0 Å². The van der Waals surface area contributed by atoms with E-state index < -0.39 is 0 Å². The molecule has 0 saturated carbocycles. The summed E-state index contributed by atoms with van der Waals surface area (Å²) >= 11 is 0. The number of benzene rings is 1. The number of aromatic amines is 1. The molecule has 0 aliphatic heterocycles. The average Bonchev–Trinajstić information content (AvgIpc) is 3.06. The highest BCUT2D eigenvalue weighted by Gasteiger charge is 2.16. The number of hydrogen-bond acceptors (Lipinski definition) is 3. The van der Waals surface area contributed by atoms with E-state index >= 15 is 0 Å². The van der Waals surface area contributed by atoms with Crippen LogP contribution in [0.3, 0.4) is 0 Å². The molecule has 5 nitrogen and oxygen atoms in total. The van der Waals surface area contributed by atoms with Crippen molar-refractivity contribution < 1.29 is 9.21 Å². The number of furan rings is 1. The first-order chi connectivity index (χ1) is 9.65. The smallest absolute Gasteiger partial charge is 0.256 e. The van der Waals surface area contributed by atoms with Crippen LogP contribution in [-0.4, -0.2) is 22.8 Å². The molecule has 1 aromatic carbocycles. The number of nitrogen functional groups attached to an aromatic ring is 1. The second kappa shape index (κ2) is 4.77. The van der Waals surface area contributed by atoms with Gasteiger partial charge in [-0.3, -0.25) is 4.79 Å². The molecule has 0 atom stereocenters. The summed E-state index contributed by atoms with van der Waals surface area (Å²) in [4.78, 5) is 17.2. The molecule has 3 rings (SSSR count). The summed E-state index contributed by atoms with van der Waals surface area (Å²) in [6.07, 6.45) is 4.96. The van der Waals surface area contributed by atoms with Crippen LogP contribution >= 0.6 is 0 Å². The third kappa shape index (κ3) is 2.14. The zero-order chi connectivity index (χ0) is 14.1. The van der Waals surface area contributed by atoms with Gasteiger partial charge in [0.25, 0.3) is 5.91 Å². The van der Waals surface area contributed by atoms with Crippen molar-refractivity contribution in [1.29, 1.82) is 0 Å². The van der Waals surface area contributed by atoms with Crippen molar-refractivity contribution in [3.8, 4) is 0 Å². The Morgan fingerprint density at radius 2 is 2.25 bits per heavy atom. The van der Waals surface area contributed by atoms with Crippen LogP contribution < -0.4 is 5.73 Å². The third-order valence-corrected chi connectivity index (χ3v) is 3.28. The van der Waals surface area contributed by atoms with Crippen LogP contribution in [0.15, 0.2) is 47.4 Å². The number of rotatable bonds is 3. The van der Waals surface area contributed by atoms with E-state index in [2.05, 4.69) is 4.98 Å². The second-order valence-corrected chi connectivity index (χ2v) is 4.80. The van der Waals surface area contributed by atoms with Crippen LogP contribution in [-0.2, 0) is 6.54 Å². The third-order valence-electron chi connectivity index (χ3n) is 3.28. The fourth-order valence-electron chi connectivity index (χ4n) is 2.25. The van der Waals surface area contributed by atoms with E-state index in [1.54, 1.807) is 36.7 Å². The van der Waals surface area contributed by atoms with E-state index in [0.717, 1.165) is 16.5 Å². The first-order valence-corrected chi connectivity index (χ1v) is 6.28. The number of aromatic nitrogens is 1. The van der Waals surface area contributed by atoms with Gasteiger partial charge in [0.05, 0.1) is 18.1 Å². The lowest BCUT2D eigenvalue weighted by molar-refractivity contribution is 0.0787. The lowest BCUT2D eigenvalue weighted by Gasteiger charge is -2.15. The molecular formula is C15H15N3O2. The summed E-state index contributed by atoms with van der Waals surface area (Å²) in [5, 5.41) is 0.878. The Hall–Kier alpha value is -2.69. The monoisotopic (exact) mass is 269 g/mol. The van der Waals surface area contributed by atoms with Crippen LogP contribution in [0, 0.1) is 0 Å². The zero-order valence-electron chi connectivity index (χ0n) is 11.1. The molecule has 2 aromatic heterocycles. The lowest BCUT2D eigenvalue weighted by atomic mass is 10.1. The summed E-state index contributed by atoms with van der Waals surface area (Å²) in [6, 6.07) is 7.32. The summed E-state index contributed by atoms with van der Waals surface area (Å²) in [5.74, 6) is -0.0396. The van der Waals surface area contributed by atoms with Crippen molar-refractivity contribution in [3.63, 3.8) is 0 Å². The normalized spacial score (nSPS) is 10.8. The van der Waals surface area contributed by atoms with Gasteiger partial charge in [-0.05, 0) is 24.3 Å². The summed E-state index contributed by atoms with van der Waals surface area (Å²) in [6.45, 7) is 0.511. The van der Waals surface area contributed by atoms with Gasteiger partial charge in [-0.1, -0.05) is 0 Å². The maximum Gasteiger partial charge on any atom is 0.256 e. The molecule has 0 aliphatic rings. The molecule has 0 aliphatic carbocycles. The highest BCUT2D eigenvalue weighted by atomic mass is 16.3. The van der Waals surface area contributed by atoms with Gasteiger partial charge in [0, 0.05) is 41.9 Å². The molecule has 0 spiro atoms. The van der Waals surface area contributed by atoms with Crippen LogP contribution in [0.4, 0.5) is 5.69 Å². The Balaban J connectivity index is 1.88. The number of H-pyrrole nitrogens is 1. The number of fused-ring (bicyclic) bond motifs is 1. The van der Waals surface area contributed by atoms with Crippen LogP contribution in [0.2, 0.25) is 0 Å². The van der Waals surface area contributed by atoms with Crippen molar-refractivity contribution in [2.45, 2.75) is 6.54 Å². The Morgan fingerprint density at radius 3 is 3.00 bits per heavy atom. The Morgan fingerprint density at radius 1 is 1.40 bits per heavy atom. The van der Waals surface area contributed by atoms with E-state index in [-0.39, 0.29) is 5.91 Å². The molecule has 0 bridgehead atoms. The number of nitrogens with two attached hydrogens (primary N) is 1. The molecule has 0 saturated heterocycles. The van der Waals surface area contributed by atoms with Gasteiger partial charge in [0.15, 0.2) is 0 Å². The SMILES string of the molecule is CN(Cc1ccoc1)C(=O)c1c[nH]c2cc(N)ccc12. The summed E-state index contributed by atoms with van der Waals surface area (Å²) < 4.78 is 5.01. The molecule has 1 amide bonds. The van der Waals surface area contributed by atoms with E-state index in [0.29, 0.717) is 17.8 Å². The molecule has 3 N–H and O–H groups in total. The Bertz CT molecular complexity index is 744. The number of amides is 1. The molecule has 0 radical (unpaired) electrons. The lowest BCUT2D eigenvalue weighted by Crippen LogP contribution is -2.25. The summed E-state index contributed by atoms with van der Waals surface area (Å²) in [7, 11) is 1.77. The molecule has 0 fully saturated rings. The number of carbonyl (C=O) groups excluding carboxylic acids is 1. The zero-order valence-corrected chi connectivity index (χ0v) is 11.1. The van der Waals surface area contributed by atoms with Crippen molar-refractivity contribution in [1.82, 2.24) is 9.88 Å². The highest BCUT2D eigenvalue weighted by molar-refractivity contribution is 6.07. The van der Waals surface area contributed by atoms with Gasteiger partial charge in [-0.25, -0.2) is 0 Å². The topological polar surface area (TPSA) is 75.3 Å². The fourth-order valence-corrected chi connectivity index (χ4v) is 2.25. The predicted octanol–water partition coefficient (Wildman–Crippen LogP) is 2.62. The van der Waals surface area contributed by atoms with E-state index in [1.807, 2.05) is 18.2 Å². The first kappa shape index (κ1) is 12.3. The number of anilines is 1. The maximum absolute atomic E-state index is 12.5. The quantitative estimate of drug-likeness (QED) is 0.718. The molecule has 5 heteroatoms. The number of carbonyl (C=O) groups is 1. The number of nitrogens with zero attached hydrogens (tertiary/aromatic N) is 1. The molecular weight excluding hydrogens is 254 g/mol. The largest absolute Gasteiger partial charge is 0.472 e. The van der Waals surface area contributed by atoms with E-state index in [1.165, 1.54) is 0 Å². The van der Waals surface area contributed by atoms with Crippen molar-refractivity contribution in [2.75, 3.05) is 12.8 Å². The average molecular weight is 269 g/mol. The van der Waals surface area contributed by atoms with Crippen molar-refractivity contribution >= 4 is 22.5 Å². The van der Waals surface area contributed by atoms with Crippen molar-refractivity contribution in [2.24, 2.45) is 0 Å². The standard InChI is InChI=1S/C15H15N3O2/c1-18(8-10-4-5-20-9-10)15(19)13-7-17-14-6-11(16)2-3-12(13)14/h2-7,9,17H,8,16H2,1H3. The molecule has 0 unspecified atom stereocenters. The Kier molecular flexibility index (Phi) is 2.95. The molecule has 2 heterocycles. The van der Waals surface area contributed by atoms with Gasteiger partial charge in [-0.15, -0.1) is 0 Å². The van der Waals surface area contributed by atoms with Gasteiger partial charge in [0.2, 0.25) is 0 Å². The van der Waals surface area contributed by atoms with Gasteiger partial charge >= 0.3 is 0 Å². The minimum atomic E-state index is -0.0396. The molecule has 20 heavy (non-hydrogen) atoms. The summed E-state index contributed by atoms with van der Waals surface area (Å²) in [5.41, 5.74) is 8.88. The fraction of sp³-hybridized carbons (Fsp3) is 0.133. The highest BCUT2D eigenvalue weighted by Crippen LogP contribution is 2.22. The minimum absolute atomic E-state index is 0.0396.